The molecule has 0 bridgehead atoms. The number of ether oxygens (including phenoxy) is 1. The Bertz CT molecular complexity index is 548. The maximum absolute atomic E-state index is 12.0. The summed E-state index contributed by atoms with van der Waals surface area (Å²) in [4.78, 5) is 23.6. The molecule has 0 aromatic heterocycles. The van der Waals surface area contributed by atoms with Crippen LogP contribution in [-0.4, -0.2) is 24.5 Å². The predicted octanol–water partition coefficient (Wildman–Crippen LogP) is 2.99. The zero-order valence-corrected chi connectivity index (χ0v) is 13.2. The highest BCUT2D eigenvalue weighted by atomic mass is 35.5. The van der Waals surface area contributed by atoms with E-state index >= 15 is 0 Å². The predicted molar refractivity (Wildman–Crippen MR) is 81.5 cm³/mol. The van der Waals surface area contributed by atoms with E-state index in [1.165, 1.54) is 0 Å². The smallest absolute Gasteiger partial charge is 0.318 e. The zero-order valence-electron chi connectivity index (χ0n) is 11.7. The molecule has 0 aliphatic carbocycles. The molecule has 2 rings (SSSR count). The van der Waals surface area contributed by atoms with E-state index in [9.17, 15) is 9.59 Å². The van der Waals surface area contributed by atoms with Crippen LogP contribution in [0.2, 0.25) is 10.0 Å². The number of esters is 1. The minimum Gasteiger partial charge on any atom is -0.465 e. The van der Waals surface area contributed by atoms with Gasteiger partial charge in [0, 0.05) is 6.04 Å². The first-order valence-corrected chi connectivity index (χ1v) is 7.67. The van der Waals surface area contributed by atoms with Crippen LogP contribution in [0.3, 0.4) is 0 Å². The minimum atomic E-state index is -0.685. The van der Waals surface area contributed by atoms with Crippen LogP contribution in [-0.2, 0) is 20.7 Å². The fourth-order valence-electron chi connectivity index (χ4n) is 2.44. The van der Waals surface area contributed by atoms with E-state index in [-0.39, 0.29) is 18.6 Å². The molecule has 1 saturated heterocycles. The number of carbonyl (C=O) groups is 2. The number of hydrogen-bond acceptors (Lipinski definition) is 3. The van der Waals surface area contributed by atoms with Crippen LogP contribution in [0, 0.1) is 5.92 Å². The van der Waals surface area contributed by atoms with Crippen molar-refractivity contribution in [3.05, 3.63) is 33.8 Å². The van der Waals surface area contributed by atoms with Crippen molar-refractivity contribution in [2.24, 2.45) is 5.92 Å². The van der Waals surface area contributed by atoms with Crippen molar-refractivity contribution in [2.45, 2.75) is 32.2 Å². The summed E-state index contributed by atoms with van der Waals surface area (Å²) < 4.78 is 4.90. The van der Waals surface area contributed by atoms with E-state index in [2.05, 4.69) is 5.32 Å². The van der Waals surface area contributed by atoms with Crippen LogP contribution >= 0.6 is 23.2 Å². The van der Waals surface area contributed by atoms with Gasteiger partial charge < -0.3 is 10.1 Å². The summed E-state index contributed by atoms with van der Waals surface area (Å²) in [5.74, 6) is -1.39. The summed E-state index contributed by atoms with van der Waals surface area (Å²) in [6, 6.07) is 5.43. The summed E-state index contributed by atoms with van der Waals surface area (Å²) in [5.41, 5.74) is 1.00. The number of carbonyl (C=O) groups excluding carboxylic acids is 2. The fraction of sp³-hybridized carbons (Fsp3) is 0.467. The van der Waals surface area contributed by atoms with Crippen LogP contribution in [0.1, 0.15) is 25.3 Å². The van der Waals surface area contributed by atoms with E-state index in [0.717, 1.165) is 12.0 Å². The largest absolute Gasteiger partial charge is 0.465 e. The lowest BCUT2D eigenvalue weighted by atomic mass is 9.91. The van der Waals surface area contributed by atoms with Crippen molar-refractivity contribution in [3.8, 4) is 0 Å². The lowest BCUT2D eigenvalue weighted by molar-refractivity contribution is -0.153. The molecule has 1 aromatic rings. The summed E-state index contributed by atoms with van der Waals surface area (Å²) in [5, 5.41) is 3.88. The maximum Gasteiger partial charge on any atom is 0.318 e. The number of nitrogens with one attached hydrogen (secondary N) is 1. The topological polar surface area (TPSA) is 55.4 Å². The van der Waals surface area contributed by atoms with Gasteiger partial charge in [-0.3, -0.25) is 9.59 Å². The molecule has 1 aliphatic heterocycles. The number of rotatable bonds is 4. The monoisotopic (exact) mass is 329 g/mol. The van der Waals surface area contributed by atoms with E-state index < -0.39 is 11.9 Å². The highest BCUT2D eigenvalue weighted by Crippen LogP contribution is 2.25. The Balaban J connectivity index is 1.94. The fourth-order valence-corrected chi connectivity index (χ4v) is 2.77. The Morgan fingerprint density at radius 2 is 2.10 bits per heavy atom. The van der Waals surface area contributed by atoms with Crippen LogP contribution < -0.4 is 5.32 Å². The highest BCUT2D eigenvalue weighted by molar-refractivity contribution is 6.42. The van der Waals surface area contributed by atoms with Crippen molar-refractivity contribution in [1.82, 2.24) is 5.32 Å². The molecule has 1 aromatic carbocycles. The molecule has 0 saturated carbocycles. The first kappa shape index (κ1) is 16.1. The van der Waals surface area contributed by atoms with Crippen molar-refractivity contribution >= 4 is 35.1 Å². The Kier molecular flexibility index (Phi) is 5.48. The standard InChI is InChI=1S/C15H17Cl2NO3/c1-2-21-15(20)11-5-4-10(18-14(11)19)7-9-3-6-12(16)13(17)8-9/h3,6,8,10-11H,2,4-5,7H2,1H3,(H,18,19)/t10-,11?/m1/s1. The van der Waals surface area contributed by atoms with Crippen LogP contribution in [0.15, 0.2) is 18.2 Å². The number of piperidine rings is 1. The van der Waals surface area contributed by atoms with Crippen LogP contribution in [0.25, 0.3) is 0 Å². The quantitative estimate of drug-likeness (QED) is 0.682. The highest BCUT2D eigenvalue weighted by Gasteiger charge is 2.34. The Labute approximate surface area is 133 Å². The molecule has 0 radical (unpaired) electrons. The van der Waals surface area contributed by atoms with Gasteiger partial charge in [-0.1, -0.05) is 29.3 Å². The molecule has 1 amide bonds. The molecule has 1 fully saturated rings. The lowest BCUT2D eigenvalue weighted by Gasteiger charge is -2.28. The number of halogens is 2. The average Bonchev–Trinajstić information content (AvgIpc) is 2.43. The summed E-state index contributed by atoms with van der Waals surface area (Å²) in [7, 11) is 0. The third-order valence-corrected chi connectivity index (χ3v) is 4.24. The SMILES string of the molecule is CCOC(=O)C1CC[C@H](Cc2ccc(Cl)c(Cl)c2)NC1=O. The third-order valence-electron chi connectivity index (χ3n) is 3.50. The molecule has 0 spiro atoms. The molecule has 6 heteroatoms. The van der Waals surface area contributed by atoms with Crippen molar-refractivity contribution in [2.75, 3.05) is 6.61 Å². The first-order chi connectivity index (χ1) is 10.0. The average molecular weight is 330 g/mol. The molecule has 1 heterocycles. The number of benzene rings is 1. The van der Waals surface area contributed by atoms with Gasteiger partial charge >= 0.3 is 5.97 Å². The second kappa shape index (κ2) is 7.14. The molecule has 2 atom stereocenters. The minimum absolute atomic E-state index is 0.000388. The van der Waals surface area contributed by atoms with Gasteiger partial charge in [0.05, 0.1) is 16.7 Å². The first-order valence-electron chi connectivity index (χ1n) is 6.92. The maximum atomic E-state index is 12.0. The van der Waals surface area contributed by atoms with Crippen LogP contribution in [0.5, 0.6) is 0 Å². The Morgan fingerprint density at radius 1 is 1.33 bits per heavy atom. The van der Waals surface area contributed by atoms with Gasteiger partial charge in [-0.25, -0.2) is 0 Å². The molecule has 1 aliphatic rings. The Morgan fingerprint density at radius 3 is 2.71 bits per heavy atom. The van der Waals surface area contributed by atoms with Crippen molar-refractivity contribution in [3.63, 3.8) is 0 Å². The second-order valence-electron chi connectivity index (χ2n) is 5.04. The van der Waals surface area contributed by atoms with Gasteiger partial charge in [0.25, 0.3) is 0 Å². The molecule has 21 heavy (non-hydrogen) atoms. The van der Waals surface area contributed by atoms with Crippen LogP contribution in [0.4, 0.5) is 0 Å². The van der Waals surface area contributed by atoms with Gasteiger partial charge in [0.1, 0.15) is 5.92 Å². The Hall–Kier alpha value is -1.26. The molecule has 4 nitrogen and oxygen atoms in total. The van der Waals surface area contributed by atoms with Gasteiger partial charge in [-0.05, 0) is 43.9 Å². The van der Waals surface area contributed by atoms with Crippen molar-refractivity contribution in [1.29, 1.82) is 0 Å². The van der Waals surface area contributed by atoms with E-state index in [0.29, 0.717) is 22.9 Å². The van der Waals surface area contributed by atoms with E-state index in [4.69, 9.17) is 27.9 Å². The molecular formula is C15H17Cl2NO3. The summed E-state index contributed by atoms with van der Waals surface area (Å²) >= 11 is 11.9. The molecular weight excluding hydrogens is 313 g/mol. The molecule has 1 unspecified atom stereocenters. The van der Waals surface area contributed by atoms with Gasteiger partial charge in [-0.15, -0.1) is 0 Å². The van der Waals surface area contributed by atoms with E-state index in [1.807, 2.05) is 6.07 Å². The van der Waals surface area contributed by atoms with Crippen molar-refractivity contribution < 1.29 is 14.3 Å². The zero-order chi connectivity index (χ0) is 15.4. The summed E-state index contributed by atoms with van der Waals surface area (Å²) in [6.07, 6.45) is 1.91. The molecule has 1 N–H and O–H groups in total. The van der Waals surface area contributed by atoms with Gasteiger partial charge in [0.15, 0.2) is 0 Å². The lowest BCUT2D eigenvalue weighted by Crippen LogP contribution is -2.47. The summed E-state index contributed by atoms with van der Waals surface area (Å²) in [6.45, 7) is 2.01. The van der Waals surface area contributed by atoms with Gasteiger partial charge in [0.2, 0.25) is 5.91 Å². The third kappa shape index (κ3) is 4.11. The van der Waals surface area contributed by atoms with E-state index in [1.54, 1.807) is 19.1 Å². The second-order valence-corrected chi connectivity index (χ2v) is 5.85. The molecule has 114 valence electrons. The number of hydrogen-bond donors (Lipinski definition) is 1. The normalized spacial score (nSPS) is 21.8. The van der Waals surface area contributed by atoms with Gasteiger partial charge in [-0.2, -0.15) is 0 Å². The number of amides is 1.